The Hall–Kier alpha value is -4.51. The normalized spacial score (nSPS) is 16.5. The summed E-state index contributed by atoms with van der Waals surface area (Å²) in [6, 6.07) is 19.5. The summed E-state index contributed by atoms with van der Waals surface area (Å²) in [5, 5.41) is 15.7. The van der Waals surface area contributed by atoms with Crippen LogP contribution in [-0.2, 0) is 9.63 Å². The van der Waals surface area contributed by atoms with Gasteiger partial charge in [0, 0.05) is 49.5 Å². The number of likely N-dealkylation sites (N-methyl/N-ethyl adjacent to an activating group) is 1. The molecule has 2 heterocycles. The minimum Gasteiger partial charge on any atom is -0.478 e. The van der Waals surface area contributed by atoms with Crippen molar-refractivity contribution in [3.05, 3.63) is 94.5 Å². The molecule has 1 saturated heterocycles. The molecule has 0 saturated carbocycles. The van der Waals surface area contributed by atoms with Crippen molar-refractivity contribution >= 4 is 40.4 Å². The Labute approximate surface area is 244 Å². The number of piperazine rings is 1. The van der Waals surface area contributed by atoms with Crippen molar-refractivity contribution in [1.29, 1.82) is 0 Å². The second-order valence-corrected chi connectivity index (χ2v) is 10.6. The maximum Gasteiger partial charge on any atom is 0.336 e. The molecule has 3 aromatic rings. The number of benzene rings is 3. The number of nitrogens with one attached hydrogen (secondary N) is 3. The summed E-state index contributed by atoms with van der Waals surface area (Å²) in [6.45, 7) is 7.32. The Balaban J connectivity index is 1.27. The van der Waals surface area contributed by atoms with Crippen LogP contribution in [0.5, 0.6) is 0 Å². The molecule has 3 aromatic carbocycles. The van der Waals surface area contributed by atoms with Crippen molar-refractivity contribution in [3.63, 3.8) is 0 Å². The van der Waals surface area contributed by atoms with E-state index in [4.69, 9.17) is 4.84 Å². The molecule has 0 bridgehead atoms. The van der Waals surface area contributed by atoms with Crippen molar-refractivity contribution in [1.82, 2.24) is 15.3 Å². The molecule has 2 aliphatic rings. The van der Waals surface area contributed by atoms with Gasteiger partial charge in [0.25, 0.3) is 11.8 Å². The number of carbonyl (C=O) groups is 3. The number of carboxylic acid groups (broad SMARTS) is 1. The van der Waals surface area contributed by atoms with E-state index in [-0.39, 0.29) is 17.4 Å². The second-order valence-electron chi connectivity index (χ2n) is 10.6. The summed E-state index contributed by atoms with van der Waals surface area (Å²) in [6.07, 6.45) is 0.831. The van der Waals surface area contributed by atoms with E-state index >= 15 is 0 Å². The predicted molar refractivity (Wildman–Crippen MR) is 162 cm³/mol. The molecule has 5 rings (SSSR count). The van der Waals surface area contributed by atoms with Gasteiger partial charge in [-0.15, -0.1) is 0 Å². The van der Waals surface area contributed by atoms with Crippen LogP contribution in [-0.4, -0.2) is 79.1 Å². The molecule has 4 N–H and O–H groups in total. The molecule has 0 spiro atoms. The first-order valence-corrected chi connectivity index (χ1v) is 14.0. The van der Waals surface area contributed by atoms with Crippen LogP contribution in [0.1, 0.15) is 43.8 Å². The van der Waals surface area contributed by atoms with E-state index in [1.54, 1.807) is 37.3 Å². The third kappa shape index (κ3) is 6.68. The molecule has 0 radical (unpaired) electrons. The first-order chi connectivity index (χ1) is 20.3. The standard InChI is InChI=1S/C32H35N5O5/c1-21-19-26-27(20-25(21)32(40)41)34-31(39)28(26)29(22-7-4-3-5-8-22)33-24-11-9-23(10-12-24)30(38)35-42-18-6-13-37-16-14-36(2)15-17-37/h3-5,7-12,19-20,33H,6,13-18H2,1-2H3,(H,34,39)(H,35,38)(H,40,41). The first kappa shape index (κ1) is 29.0. The molecular weight excluding hydrogens is 534 g/mol. The largest absolute Gasteiger partial charge is 0.478 e. The summed E-state index contributed by atoms with van der Waals surface area (Å²) in [5.74, 6) is -1.72. The topological polar surface area (TPSA) is 123 Å². The zero-order valence-electron chi connectivity index (χ0n) is 23.8. The van der Waals surface area contributed by atoms with Gasteiger partial charge >= 0.3 is 5.97 Å². The van der Waals surface area contributed by atoms with Gasteiger partial charge in [-0.25, -0.2) is 10.3 Å². The van der Waals surface area contributed by atoms with E-state index in [2.05, 4.69) is 33.0 Å². The summed E-state index contributed by atoms with van der Waals surface area (Å²) in [5.41, 5.74) is 7.14. The van der Waals surface area contributed by atoms with Crippen LogP contribution >= 0.6 is 0 Å². The van der Waals surface area contributed by atoms with Gasteiger partial charge in [-0.1, -0.05) is 30.3 Å². The number of hydroxylamine groups is 1. The molecule has 1 fully saturated rings. The van der Waals surface area contributed by atoms with Gasteiger partial charge in [-0.2, -0.15) is 0 Å². The molecule has 10 heteroatoms. The number of aromatic carboxylic acids is 1. The summed E-state index contributed by atoms with van der Waals surface area (Å²) in [7, 11) is 2.13. The Morgan fingerprint density at radius 3 is 2.38 bits per heavy atom. The van der Waals surface area contributed by atoms with Crippen LogP contribution < -0.4 is 16.1 Å². The van der Waals surface area contributed by atoms with Gasteiger partial charge in [0.2, 0.25) is 0 Å². The highest BCUT2D eigenvalue weighted by molar-refractivity contribution is 6.37. The molecular formula is C32H35N5O5. The van der Waals surface area contributed by atoms with Gasteiger partial charge in [-0.3, -0.25) is 14.4 Å². The Kier molecular flexibility index (Phi) is 8.97. The first-order valence-electron chi connectivity index (χ1n) is 14.0. The van der Waals surface area contributed by atoms with E-state index in [0.717, 1.165) is 44.7 Å². The zero-order valence-corrected chi connectivity index (χ0v) is 23.8. The number of hydrogen-bond donors (Lipinski definition) is 4. The number of aryl methyl sites for hydroxylation is 1. The number of amides is 2. The third-order valence-corrected chi connectivity index (χ3v) is 7.55. The van der Waals surface area contributed by atoms with E-state index < -0.39 is 5.97 Å². The number of hydrogen-bond acceptors (Lipinski definition) is 7. The van der Waals surface area contributed by atoms with Crippen LogP contribution in [0.25, 0.3) is 11.3 Å². The fourth-order valence-corrected chi connectivity index (χ4v) is 5.14. The quantitative estimate of drug-likeness (QED) is 0.165. The summed E-state index contributed by atoms with van der Waals surface area (Å²) >= 11 is 0. The zero-order chi connectivity index (χ0) is 29.6. The van der Waals surface area contributed by atoms with E-state index in [0.29, 0.717) is 45.9 Å². The van der Waals surface area contributed by atoms with Gasteiger partial charge in [-0.05, 0) is 67.9 Å². The number of carbonyl (C=O) groups excluding carboxylic acids is 2. The Bertz CT molecular complexity index is 1500. The maximum absolute atomic E-state index is 13.2. The average molecular weight is 570 g/mol. The lowest BCUT2D eigenvalue weighted by Gasteiger charge is -2.32. The summed E-state index contributed by atoms with van der Waals surface area (Å²) in [4.78, 5) is 47.6. The fraction of sp³-hybridized carbons (Fsp3) is 0.281. The van der Waals surface area contributed by atoms with Crippen LogP contribution in [0.15, 0.2) is 66.7 Å². The van der Waals surface area contributed by atoms with Crippen molar-refractivity contribution in [3.8, 4) is 0 Å². The Morgan fingerprint density at radius 2 is 1.69 bits per heavy atom. The van der Waals surface area contributed by atoms with Crippen molar-refractivity contribution in [2.24, 2.45) is 0 Å². The monoisotopic (exact) mass is 569 g/mol. The van der Waals surface area contributed by atoms with E-state index in [9.17, 15) is 19.5 Å². The number of anilines is 2. The van der Waals surface area contributed by atoms with Crippen molar-refractivity contribution < 1.29 is 24.3 Å². The number of rotatable bonds is 10. The van der Waals surface area contributed by atoms with Gasteiger partial charge in [0.1, 0.15) is 0 Å². The van der Waals surface area contributed by atoms with E-state index in [1.807, 2.05) is 30.3 Å². The minimum atomic E-state index is -1.05. The molecule has 2 amide bonds. The summed E-state index contributed by atoms with van der Waals surface area (Å²) < 4.78 is 0. The van der Waals surface area contributed by atoms with Gasteiger partial charge in [0.15, 0.2) is 0 Å². The number of carboxylic acids is 1. The highest BCUT2D eigenvalue weighted by Gasteiger charge is 2.30. The predicted octanol–water partition coefficient (Wildman–Crippen LogP) is 3.92. The molecule has 0 atom stereocenters. The molecule has 0 unspecified atom stereocenters. The van der Waals surface area contributed by atoms with Crippen LogP contribution in [0, 0.1) is 6.92 Å². The second kappa shape index (κ2) is 13.0. The molecule has 2 aliphatic heterocycles. The number of fused-ring (bicyclic) bond motifs is 1. The molecule has 0 aromatic heterocycles. The van der Waals surface area contributed by atoms with Gasteiger partial charge < -0.3 is 25.5 Å². The lowest BCUT2D eigenvalue weighted by molar-refractivity contribution is -0.110. The molecule has 218 valence electrons. The maximum atomic E-state index is 13.2. The highest BCUT2D eigenvalue weighted by Crippen LogP contribution is 2.39. The fourth-order valence-electron chi connectivity index (χ4n) is 5.14. The van der Waals surface area contributed by atoms with Crippen LogP contribution in [0.2, 0.25) is 0 Å². The van der Waals surface area contributed by atoms with Crippen LogP contribution in [0.4, 0.5) is 11.4 Å². The number of nitrogens with zero attached hydrogens (tertiary/aromatic N) is 2. The molecule has 0 aliphatic carbocycles. The minimum absolute atomic E-state index is 0.136. The van der Waals surface area contributed by atoms with Gasteiger partial charge in [0.05, 0.1) is 29.1 Å². The molecule has 42 heavy (non-hydrogen) atoms. The third-order valence-electron chi connectivity index (χ3n) is 7.55. The SMILES string of the molecule is Cc1cc2c(cc1C(=O)O)NC(=O)C2=C(Nc1ccc(C(=O)NOCCCN2CCN(C)CC2)cc1)c1ccccc1. The lowest BCUT2D eigenvalue weighted by atomic mass is 9.96. The smallest absolute Gasteiger partial charge is 0.336 e. The van der Waals surface area contributed by atoms with E-state index in [1.165, 1.54) is 6.07 Å². The van der Waals surface area contributed by atoms with Crippen LogP contribution in [0.3, 0.4) is 0 Å². The average Bonchev–Trinajstić information content (AvgIpc) is 3.31. The highest BCUT2D eigenvalue weighted by atomic mass is 16.6. The van der Waals surface area contributed by atoms with Crippen molar-refractivity contribution in [2.75, 3.05) is 57.0 Å². The molecule has 10 nitrogen and oxygen atoms in total. The Morgan fingerprint density at radius 1 is 0.976 bits per heavy atom. The van der Waals surface area contributed by atoms with Crippen molar-refractivity contribution in [2.45, 2.75) is 13.3 Å². The lowest BCUT2D eigenvalue weighted by Crippen LogP contribution is -2.44.